The second-order valence-corrected chi connectivity index (χ2v) is 5.54. The molecule has 2 rings (SSSR count). The second kappa shape index (κ2) is 7.52. The number of rotatable bonds is 6. The van der Waals surface area contributed by atoms with Gasteiger partial charge >= 0.3 is 0 Å². The SMILES string of the molecule is CCCNCc1cccc(Oc2cc(Br)cc(F)c2F)c1. The molecule has 0 unspecified atom stereocenters. The summed E-state index contributed by atoms with van der Waals surface area (Å²) < 4.78 is 32.9. The number of hydrogen-bond acceptors (Lipinski definition) is 2. The lowest BCUT2D eigenvalue weighted by Crippen LogP contribution is -2.13. The highest BCUT2D eigenvalue weighted by atomic mass is 79.9. The van der Waals surface area contributed by atoms with E-state index in [1.807, 2.05) is 12.1 Å². The van der Waals surface area contributed by atoms with Crippen molar-refractivity contribution in [2.75, 3.05) is 6.54 Å². The van der Waals surface area contributed by atoms with Crippen LogP contribution in [0, 0.1) is 11.6 Å². The molecule has 5 heteroatoms. The largest absolute Gasteiger partial charge is 0.454 e. The predicted octanol–water partition coefficient (Wildman–Crippen LogP) is 5.02. The van der Waals surface area contributed by atoms with E-state index in [4.69, 9.17) is 4.74 Å². The lowest BCUT2D eigenvalue weighted by Gasteiger charge is -2.10. The Morgan fingerprint density at radius 1 is 1.19 bits per heavy atom. The second-order valence-electron chi connectivity index (χ2n) is 4.63. The van der Waals surface area contributed by atoms with Crippen LogP contribution in [0.25, 0.3) is 0 Å². The molecular weight excluding hydrogens is 340 g/mol. The van der Waals surface area contributed by atoms with E-state index in [-0.39, 0.29) is 5.75 Å². The van der Waals surface area contributed by atoms with Gasteiger partial charge in [0.05, 0.1) is 0 Å². The van der Waals surface area contributed by atoms with Gasteiger partial charge in [-0.15, -0.1) is 0 Å². The van der Waals surface area contributed by atoms with Gasteiger partial charge in [0.25, 0.3) is 0 Å². The predicted molar refractivity (Wildman–Crippen MR) is 82.6 cm³/mol. The molecule has 0 fully saturated rings. The molecule has 0 radical (unpaired) electrons. The number of ether oxygens (including phenoxy) is 1. The maximum atomic E-state index is 13.7. The molecule has 2 aromatic carbocycles. The fourth-order valence-corrected chi connectivity index (χ4v) is 2.27. The molecule has 112 valence electrons. The van der Waals surface area contributed by atoms with Gasteiger partial charge in [-0.2, -0.15) is 4.39 Å². The van der Waals surface area contributed by atoms with Crippen LogP contribution in [0.5, 0.6) is 11.5 Å². The van der Waals surface area contributed by atoms with Crippen LogP contribution < -0.4 is 10.1 Å². The topological polar surface area (TPSA) is 21.3 Å². The molecule has 21 heavy (non-hydrogen) atoms. The van der Waals surface area contributed by atoms with Gasteiger partial charge in [-0.25, -0.2) is 4.39 Å². The lowest BCUT2D eigenvalue weighted by molar-refractivity contribution is 0.415. The molecule has 0 aliphatic rings. The first-order valence-electron chi connectivity index (χ1n) is 6.72. The summed E-state index contributed by atoms with van der Waals surface area (Å²) >= 11 is 3.12. The van der Waals surface area contributed by atoms with Crippen LogP contribution in [-0.4, -0.2) is 6.54 Å². The summed E-state index contributed by atoms with van der Waals surface area (Å²) in [5, 5.41) is 3.27. The summed E-state index contributed by atoms with van der Waals surface area (Å²) in [7, 11) is 0. The van der Waals surface area contributed by atoms with Gasteiger partial charge in [-0.1, -0.05) is 35.0 Å². The van der Waals surface area contributed by atoms with Crippen molar-refractivity contribution >= 4 is 15.9 Å². The van der Waals surface area contributed by atoms with Crippen LogP contribution in [-0.2, 0) is 6.54 Å². The van der Waals surface area contributed by atoms with Gasteiger partial charge in [0, 0.05) is 11.0 Å². The van der Waals surface area contributed by atoms with E-state index in [1.54, 1.807) is 12.1 Å². The number of benzene rings is 2. The van der Waals surface area contributed by atoms with E-state index in [0.29, 0.717) is 16.8 Å². The lowest BCUT2D eigenvalue weighted by atomic mass is 10.2. The third kappa shape index (κ3) is 4.51. The molecular formula is C16H16BrF2NO. The van der Waals surface area contributed by atoms with Crippen LogP contribution in [0.2, 0.25) is 0 Å². The van der Waals surface area contributed by atoms with Gasteiger partial charge in [0.15, 0.2) is 11.6 Å². The Hall–Kier alpha value is -1.46. The van der Waals surface area contributed by atoms with Crippen molar-refractivity contribution in [2.24, 2.45) is 0 Å². The van der Waals surface area contributed by atoms with E-state index in [0.717, 1.165) is 24.6 Å². The van der Waals surface area contributed by atoms with Gasteiger partial charge in [-0.3, -0.25) is 0 Å². The van der Waals surface area contributed by atoms with E-state index in [1.165, 1.54) is 6.07 Å². The summed E-state index contributed by atoms with van der Waals surface area (Å²) in [5.74, 6) is -1.60. The van der Waals surface area contributed by atoms with Crippen molar-refractivity contribution in [3.05, 3.63) is 58.1 Å². The summed E-state index contributed by atoms with van der Waals surface area (Å²) in [5.41, 5.74) is 1.02. The first-order chi connectivity index (χ1) is 10.1. The molecule has 0 spiro atoms. The Morgan fingerprint density at radius 2 is 2.00 bits per heavy atom. The minimum atomic E-state index is -0.993. The van der Waals surface area contributed by atoms with Crippen LogP contribution in [0.1, 0.15) is 18.9 Å². The van der Waals surface area contributed by atoms with E-state index in [9.17, 15) is 8.78 Å². The van der Waals surface area contributed by atoms with Crippen molar-refractivity contribution in [3.63, 3.8) is 0 Å². The summed E-state index contributed by atoms with van der Waals surface area (Å²) in [6.07, 6.45) is 1.05. The van der Waals surface area contributed by atoms with Crippen molar-refractivity contribution in [1.29, 1.82) is 0 Å². The molecule has 2 nitrogen and oxygen atoms in total. The standard InChI is InChI=1S/C16H16BrF2NO/c1-2-6-20-10-11-4-3-5-13(7-11)21-15-9-12(17)8-14(18)16(15)19/h3-5,7-9,20H,2,6,10H2,1H3. The maximum absolute atomic E-state index is 13.7. The zero-order chi connectivity index (χ0) is 15.2. The Labute approximate surface area is 131 Å². The first kappa shape index (κ1) is 15.9. The quantitative estimate of drug-likeness (QED) is 0.580. The summed E-state index contributed by atoms with van der Waals surface area (Å²) in [6.45, 7) is 3.73. The van der Waals surface area contributed by atoms with Crippen LogP contribution in [0.3, 0.4) is 0 Å². The van der Waals surface area contributed by atoms with Gasteiger partial charge in [0.2, 0.25) is 5.82 Å². The monoisotopic (exact) mass is 355 g/mol. The van der Waals surface area contributed by atoms with Crippen LogP contribution >= 0.6 is 15.9 Å². The molecule has 2 aromatic rings. The zero-order valence-electron chi connectivity index (χ0n) is 11.6. The van der Waals surface area contributed by atoms with E-state index < -0.39 is 11.6 Å². The molecule has 0 amide bonds. The van der Waals surface area contributed by atoms with Crippen LogP contribution in [0.15, 0.2) is 40.9 Å². The molecule has 0 aromatic heterocycles. The Morgan fingerprint density at radius 3 is 2.76 bits per heavy atom. The zero-order valence-corrected chi connectivity index (χ0v) is 13.2. The smallest absolute Gasteiger partial charge is 0.201 e. The summed E-state index contributed by atoms with van der Waals surface area (Å²) in [6, 6.07) is 9.76. The van der Waals surface area contributed by atoms with Gasteiger partial charge < -0.3 is 10.1 Å². The first-order valence-corrected chi connectivity index (χ1v) is 7.51. The molecule has 0 bridgehead atoms. The highest BCUT2D eigenvalue weighted by molar-refractivity contribution is 9.10. The Kier molecular flexibility index (Phi) is 5.70. The molecule has 0 saturated carbocycles. The van der Waals surface area contributed by atoms with E-state index >= 15 is 0 Å². The van der Waals surface area contributed by atoms with E-state index in [2.05, 4.69) is 28.2 Å². The van der Waals surface area contributed by atoms with Gasteiger partial charge in [0.1, 0.15) is 5.75 Å². The highest BCUT2D eigenvalue weighted by Gasteiger charge is 2.12. The number of halogens is 3. The number of hydrogen-bond donors (Lipinski definition) is 1. The van der Waals surface area contributed by atoms with Crippen molar-refractivity contribution < 1.29 is 13.5 Å². The third-order valence-corrected chi connectivity index (χ3v) is 3.30. The molecule has 0 saturated heterocycles. The normalized spacial score (nSPS) is 10.7. The Balaban J connectivity index is 2.14. The Bertz CT molecular complexity index is 619. The molecule has 0 aliphatic carbocycles. The van der Waals surface area contributed by atoms with Gasteiger partial charge in [-0.05, 0) is 42.8 Å². The minimum absolute atomic E-state index is 0.138. The van der Waals surface area contributed by atoms with Crippen LogP contribution in [0.4, 0.5) is 8.78 Å². The fourth-order valence-electron chi connectivity index (χ4n) is 1.86. The molecule has 0 aliphatic heterocycles. The van der Waals surface area contributed by atoms with Crippen molar-refractivity contribution in [1.82, 2.24) is 5.32 Å². The van der Waals surface area contributed by atoms with Crippen molar-refractivity contribution in [3.8, 4) is 11.5 Å². The summed E-state index contributed by atoms with van der Waals surface area (Å²) in [4.78, 5) is 0. The minimum Gasteiger partial charge on any atom is -0.454 e. The average molecular weight is 356 g/mol. The molecule has 1 N–H and O–H groups in total. The maximum Gasteiger partial charge on any atom is 0.201 e. The molecule has 0 atom stereocenters. The molecule has 0 heterocycles. The number of nitrogens with one attached hydrogen (secondary N) is 1. The van der Waals surface area contributed by atoms with Crippen molar-refractivity contribution in [2.45, 2.75) is 19.9 Å². The highest BCUT2D eigenvalue weighted by Crippen LogP contribution is 2.29. The third-order valence-electron chi connectivity index (χ3n) is 2.84. The fraction of sp³-hybridized carbons (Fsp3) is 0.250. The average Bonchev–Trinajstić information content (AvgIpc) is 2.45.